The van der Waals surface area contributed by atoms with E-state index in [4.69, 9.17) is 11.1 Å². The summed E-state index contributed by atoms with van der Waals surface area (Å²) >= 11 is 0. The summed E-state index contributed by atoms with van der Waals surface area (Å²) in [6.45, 7) is 8.54. The van der Waals surface area contributed by atoms with Gasteiger partial charge in [-0.25, -0.2) is 14.8 Å². The fraction of sp³-hybridized carbons (Fsp3) is 0.192. The van der Waals surface area contributed by atoms with E-state index < -0.39 is 11.9 Å². The van der Waals surface area contributed by atoms with Crippen molar-refractivity contribution in [1.29, 1.82) is 5.41 Å². The van der Waals surface area contributed by atoms with Crippen molar-refractivity contribution in [3.63, 3.8) is 0 Å². The average molecular weight is 473 g/mol. The monoisotopic (exact) mass is 472 g/mol. The van der Waals surface area contributed by atoms with Gasteiger partial charge in [-0.15, -0.1) is 0 Å². The number of hydrogen-bond donors (Lipinski definition) is 5. The van der Waals surface area contributed by atoms with Gasteiger partial charge < -0.3 is 21.5 Å². The summed E-state index contributed by atoms with van der Waals surface area (Å²) in [4.78, 5) is 32.9. The number of aromatic nitrogens is 2. The first-order valence-corrected chi connectivity index (χ1v) is 11.0. The number of benzene rings is 1. The second kappa shape index (κ2) is 11.1. The van der Waals surface area contributed by atoms with Gasteiger partial charge in [0.15, 0.2) is 5.69 Å². The smallest absolute Gasteiger partial charge is 0.355 e. The third-order valence-corrected chi connectivity index (χ3v) is 5.19. The van der Waals surface area contributed by atoms with Gasteiger partial charge in [0, 0.05) is 30.4 Å². The Morgan fingerprint density at radius 3 is 2.51 bits per heavy atom. The number of carbonyl (C=O) groups excluding carboxylic acids is 1. The first-order valence-electron chi connectivity index (χ1n) is 11.0. The van der Waals surface area contributed by atoms with E-state index in [1.807, 2.05) is 32.0 Å². The largest absolute Gasteiger partial charge is 0.476 e. The van der Waals surface area contributed by atoms with Crippen LogP contribution in [0.5, 0.6) is 0 Å². The highest BCUT2D eigenvalue weighted by molar-refractivity contribution is 5.98. The number of anilines is 1. The Kier molecular flexibility index (Phi) is 7.93. The zero-order chi connectivity index (χ0) is 25.5. The Balaban J connectivity index is 1.96. The van der Waals surface area contributed by atoms with Crippen LogP contribution in [0.4, 0.5) is 5.82 Å². The third-order valence-electron chi connectivity index (χ3n) is 5.19. The number of pyridine rings is 2. The van der Waals surface area contributed by atoms with Crippen molar-refractivity contribution >= 4 is 29.6 Å². The van der Waals surface area contributed by atoms with E-state index in [1.54, 1.807) is 24.3 Å². The summed E-state index contributed by atoms with van der Waals surface area (Å²) in [5.41, 5.74) is 8.53. The zero-order valence-corrected chi connectivity index (χ0v) is 19.6. The van der Waals surface area contributed by atoms with Crippen molar-refractivity contribution in [3.05, 3.63) is 83.3 Å². The molecule has 0 saturated carbocycles. The van der Waals surface area contributed by atoms with Gasteiger partial charge >= 0.3 is 5.97 Å². The van der Waals surface area contributed by atoms with E-state index in [-0.39, 0.29) is 23.1 Å². The predicted octanol–water partition coefficient (Wildman–Crippen LogP) is 3.77. The van der Waals surface area contributed by atoms with E-state index >= 15 is 0 Å². The molecule has 0 atom stereocenters. The van der Waals surface area contributed by atoms with Crippen molar-refractivity contribution in [2.45, 2.75) is 20.4 Å². The molecule has 180 valence electrons. The fourth-order valence-electron chi connectivity index (χ4n) is 3.35. The molecule has 0 radical (unpaired) electrons. The van der Waals surface area contributed by atoms with Crippen LogP contribution in [0.15, 0.2) is 55.2 Å². The van der Waals surface area contributed by atoms with Crippen LogP contribution >= 0.6 is 0 Å². The number of hydrogen-bond acceptors (Lipinski definition) is 6. The molecule has 3 rings (SSSR count). The summed E-state index contributed by atoms with van der Waals surface area (Å²) in [5, 5.41) is 23.3. The van der Waals surface area contributed by atoms with Crippen LogP contribution in [-0.2, 0) is 6.54 Å². The summed E-state index contributed by atoms with van der Waals surface area (Å²) in [7, 11) is 0. The maximum Gasteiger partial charge on any atom is 0.355 e. The number of amidine groups is 1. The van der Waals surface area contributed by atoms with Gasteiger partial charge in [-0.05, 0) is 52.9 Å². The number of nitrogens with two attached hydrogens (primary N) is 1. The summed E-state index contributed by atoms with van der Waals surface area (Å²) in [6.07, 6.45) is 3.20. The predicted molar refractivity (Wildman–Crippen MR) is 136 cm³/mol. The Morgan fingerprint density at radius 2 is 1.91 bits per heavy atom. The van der Waals surface area contributed by atoms with E-state index in [9.17, 15) is 14.7 Å². The minimum atomic E-state index is -1.23. The molecule has 0 bridgehead atoms. The molecule has 9 heteroatoms. The number of nitrogens with zero attached hydrogens (tertiary/aromatic N) is 2. The van der Waals surface area contributed by atoms with Crippen LogP contribution in [0.3, 0.4) is 0 Å². The molecule has 3 aromatic rings. The van der Waals surface area contributed by atoms with Crippen LogP contribution in [0, 0.1) is 11.3 Å². The summed E-state index contributed by atoms with van der Waals surface area (Å²) in [5.74, 6) is -0.897. The van der Waals surface area contributed by atoms with Gasteiger partial charge in [0.05, 0.1) is 0 Å². The highest BCUT2D eigenvalue weighted by Gasteiger charge is 2.20. The van der Waals surface area contributed by atoms with E-state index in [2.05, 4.69) is 27.2 Å². The normalized spacial score (nSPS) is 10.6. The Morgan fingerprint density at radius 1 is 1.17 bits per heavy atom. The lowest BCUT2D eigenvalue weighted by molar-refractivity contribution is 0.0691. The molecule has 1 amide bonds. The van der Waals surface area contributed by atoms with Gasteiger partial charge in [-0.1, -0.05) is 38.6 Å². The fourth-order valence-corrected chi connectivity index (χ4v) is 3.35. The standard InChI is InChI=1S/C26H28N6O3/c1-4-16-5-7-19(18(11-16)14-30-22-10-6-17(13-29-22)24(27)28)20-8-9-21(32-23(20)26(34)35)25(33)31-12-15(2)3/h4-11,13,15H,1,12,14H2,2-3H3,(H3,27,28)(H,29,30)(H,31,33)(H,34,35). The molecule has 0 unspecified atom stereocenters. The van der Waals surface area contributed by atoms with Crippen LogP contribution in [0.2, 0.25) is 0 Å². The van der Waals surface area contributed by atoms with E-state index in [0.29, 0.717) is 35.6 Å². The lowest BCUT2D eigenvalue weighted by atomic mass is 9.95. The molecular formula is C26H28N6O3. The zero-order valence-electron chi connectivity index (χ0n) is 19.6. The second-order valence-corrected chi connectivity index (χ2v) is 8.32. The van der Waals surface area contributed by atoms with Crippen LogP contribution in [0.1, 0.15) is 51.5 Å². The first-order chi connectivity index (χ1) is 16.7. The molecule has 0 aliphatic heterocycles. The van der Waals surface area contributed by atoms with Crippen molar-refractivity contribution < 1.29 is 14.7 Å². The maximum atomic E-state index is 12.4. The molecule has 2 heterocycles. The molecular weight excluding hydrogens is 444 g/mol. The minimum absolute atomic E-state index is 0.0453. The Bertz CT molecular complexity index is 1270. The number of carboxylic acid groups (broad SMARTS) is 1. The summed E-state index contributed by atoms with van der Waals surface area (Å²) < 4.78 is 0. The molecule has 6 N–H and O–H groups in total. The molecule has 0 saturated heterocycles. The Labute approximate surface area is 203 Å². The number of carbonyl (C=O) groups is 2. The molecule has 35 heavy (non-hydrogen) atoms. The average Bonchev–Trinajstić information content (AvgIpc) is 2.85. The van der Waals surface area contributed by atoms with Crippen molar-refractivity contribution in [1.82, 2.24) is 15.3 Å². The second-order valence-electron chi connectivity index (χ2n) is 8.32. The van der Waals surface area contributed by atoms with Crippen molar-refractivity contribution in [2.24, 2.45) is 11.7 Å². The highest BCUT2D eigenvalue weighted by atomic mass is 16.4. The third kappa shape index (κ3) is 6.29. The SMILES string of the molecule is C=Cc1ccc(-c2ccc(C(=O)NCC(C)C)nc2C(=O)O)c(CNc2ccc(C(=N)N)cn2)c1. The van der Waals surface area contributed by atoms with Crippen molar-refractivity contribution in [2.75, 3.05) is 11.9 Å². The molecule has 0 aliphatic rings. The van der Waals surface area contributed by atoms with Crippen LogP contribution in [-0.4, -0.2) is 39.3 Å². The molecule has 2 aromatic heterocycles. The highest BCUT2D eigenvalue weighted by Crippen LogP contribution is 2.29. The number of rotatable bonds is 10. The molecule has 0 spiro atoms. The Hall–Kier alpha value is -4.53. The van der Waals surface area contributed by atoms with Gasteiger partial charge in [-0.2, -0.15) is 0 Å². The maximum absolute atomic E-state index is 12.4. The topological polar surface area (TPSA) is 154 Å². The molecule has 9 nitrogen and oxygen atoms in total. The number of nitrogen functional groups attached to an aromatic ring is 1. The van der Waals surface area contributed by atoms with Gasteiger partial charge in [0.2, 0.25) is 0 Å². The quantitative estimate of drug-likeness (QED) is 0.222. The first kappa shape index (κ1) is 25.1. The lowest BCUT2D eigenvalue weighted by Crippen LogP contribution is -2.28. The summed E-state index contributed by atoms with van der Waals surface area (Å²) in [6, 6.07) is 12.1. The molecule has 0 aliphatic carbocycles. The number of carboxylic acids is 1. The van der Waals surface area contributed by atoms with Crippen molar-refractivity contribution in [3.8, 4) is 11.1 Å². The molecule has 1 aromatic carbocycles. The molecule has 0 fully saturated rings. The van der Waals surface area contributed by atoms with Crippen LogP contribution in [0.25, 0.3) is 17.2 Å². The number of nitrogens with one attached hydrogen (secondary N) is 3. The van der Waals surface area contributed by atoms with Crippen LogP contribution < -0.4 is 16.4 Å². The van der Waals surface area contributed by atoms with Gasteiger partial charge in [0.25, 0.3) is 5.91 Å². The number of amides is 1. The number of aromatic carboxylic acids is 1. The van der Waals surface area contributed by atoms with Gasteiger partial charge in [-0.3, -0.25) is 10.2 Å². The minimum Gasteiger partial charge on any atom is -0.476 e. The van der Waals surface area contributed by atoms with E-state index in [1.165, 1.54) is 12.3 Å². The van der Waals surface area contributed by atoms with Gasteiger partial charge in [0.1, 0.15) is 17.3 Å². The lowest BCUT2D eigenvalue weighted by Gasteiger charge is -2.15. The van der Waals surface area contributed by atoms with E-state index in [0.717, 1.165) is 11.1 Å².